The maximum atomic E-state index is 12.0. The van der Waals surface area contributed by atoms with Gasteiger partial charge in [0.05, 0.1) is 20.1 Å². The Hall–Kier alpha value is -3.02. The fraction of sp³-hybridized carbons (Fsp3) is 0.222. The second-order valence-electron chi connectivity index (χ2n) is 4.95. The predicted octanol–water partition coefficient (Wildman–Crippen LogP) is 2.10. The molecule has 2 amide bonds. The van der Waals surface area contributed by atoms with Crippen LogP contribution in [0.3, 0.4) is 0 Å². The molecular formula is C18H20N2O4. The maximum Gasteiger partial charge on any atom is 0.269 e. The first-order valence-corrected chi connectivity index (χ1v) is 7.58. The van der Waals surface area contributed by atoms with Crippen molar-refractivity contribution in [3.05, 3.63) is 59.7 Å². The third kappa shape index (κ3) is 4.74. The van der Waals surface area contributed by atoms with E-state index in [0.717, 1.165) is 5.56 Å². The summed E-state index contributed by atoms with van der Waals surface area (Å²) in [5, 5.41) is 0. The van der Waals surface area contributed by atoms with E-state index in [4.69, 9.17) is 9.47 Å². The molecule has 0 aromatic heterocycles. The van der Waals surface area contributed by atoms with Gasteiger partial charge in [0.15, 0.2) is 0 Å². The van der Waals surface area contributed by atoms with Crippen molar-refractivity contribution in [2.45, 2.75) is 13.3 Å². The molecule has 0 saturated heterocycles. The van der Waals surface area contributed by atoms with Crippen LogP contribution in [0.25, 0.3) is 0 Å². The first kappa shape index (κ1) is 17.3. The molecule has 0 aliphatic rings. The number of amides is 2. The molecule has 2 aromatic rings. The van der Waals surface area contributed by atoms with Gasteiger partial charge in [-0.25, -0.2) is 0 Å². The third-order valence-corrected chi connectivity index (χ3v) is 3.29. The highest BCUT2D eigenvalue weighted by atomic mass is 16.5. The van der Waals surface area contributed by atoms with Crippen LogP contribution in [0.2, 0.25) is 0 Å². The van der Waals surface area contributed by atoms with Gasteiger partial charge in [-0.3, -0.25) is 20.4 Å². The van der Waals surface area contributed by atoms with Crippen molar-refractivity contribution in [1.82, 2.24) is 10.9 Å². The topological polar surface area (TPSA) is 76.7 Å². The SMILES string of the molecule is CCOc1ccc(C(=O)NNC(=O)Cc2ccccc2OC)cc1. The lowest BCUT2D eigenvalue weighted by atomic mass is 10.1. The molecule has 2 rings (SSSR count). The molecule has 0 heterocycles. The largest absolute Gasteiger partial charge is 0.496 e. The van der Waals surface area contributed by atoms with Crippen LogP contribution in [0.15, 0.2) is 48.5 Å². The minimum absolute atomic E-state index is 0.105. The maximum absolute atomic E-state index is 12.0. The molecule has 0 atom stereocenters. The van der Waals surface area contributed by atoms with Crippen molar-refractivity contribution < 1.29 is 19.1 Å². The summed E-state index contributed by atoms with van der Waals surface area (Å²) in [6.07, 6.45) is 0.105. The van der Waals surface area contributed by atoms with Crippen LogP contribution in [0.4, 0.5) is 0 Å². The Morgan fingerprint density at radius 2 is 1.71 bits per heavy atom. The fourth-order valence-corrected chi connectivity index (χ4v) is 2.13. The molecule has 0 aliphatic heterocycles. The minimum Gasteiger partial charge on any atom is -0.496 e. The molecule has 0 radical (unpaired) electrons. The number of benzene rings is 2. The lowest BCUT2D eigenvalue weighted by Gasteiger charge is -2.10. The number of carbonyl (C=O) groups excluding carboxylic acids is 2. The first-order chi connectivity index (χ1) is 11.6. The number of ether oxygens (including phenoxy) is 2. The molecule has 6 heteroatoms. The number of methoxy groups -OCH3 is 1. The van der Waals surface area contributed by atoms with E-state index < -0.39 is 5.91 Å². The summed E-state index contributed by atoms with van der Waals surface area (Å²) in [5.41, 5.74) is 5.95. The molecule has 0 bridgehead atoms. The van der Waals surface area contributed by atoms with Gasteiger partial charge in [-0.05, 0) is 37.3 Å². The highest BCUT2D eigenvalue weighted by Gasteiger charge is 2.10. The number of rotatable bonds is 6. The minimum atomic E-state index is -0.397. The van der Waals surface area contributed by atoms with Gasteiger partial charge in [0, 0.05) is 11.1 Å². The van der Waals surface area contributed by atoms with Crippen LogP contribution in [0, 0.1) is 0 Å². The lowest BCUT2D eigenvalue weighted by molar-refractivity contribution is -0.121. The van der Waals surface area contributed by atoms with Gasteiger partial charge < -0.3 is 9.47 Å². The van der Waals surface area contributed by atoms with Crippen molar-refractivity contribution in [3.8, 4) is 11.5 Å². The van der Waals surface area contributed by atoms with Crippen LogP contribution in [0.5, 0.6) is 11.5 Å². The Morgan fingerprint density at radius 3 is 2.38 bits per heavy atom. The van der Waals surface area contributed by atoms with Crippen LogP contribution >= 0.6 is 0 Å². The van der Waals surface area contributed by atoms with Gasteiger partial charge in [0.25, 0.3) is 5.91 Å². The van der Waals surface area contributed by atoms with Gasteiger partial charge in [0.2, 0.25) is 5.91 Å². The summed E-state index contributed by atoms with van der Waals surface area (Å²) in [4.78, 5) is 24.0. The van der Waals surface area contributed by atoms with Crippen LogP contribution in [-0.4, -0.2) is 25.5 Å². The zero-order valence-corrected chi connectivity index (χ0v) is 13.7. The molecule has 126 valence electrons. The average molecular weight is 328 g/mol. The highest BCUT2D eigenvalue weighted by molar-refractivity contribution is 5.95. The lowest BCUT2D eigenvalue weighted by Crippen LogP contribution is -2.42. The number of nitrogens with one attached hydrogen (secondary N) is 2. The first-order valence-electron chi connectivity index (χ1n) is 7.58. The summed E-state index contributed by atoms with van der Waals surface area (Å²) in [5.74, 6) is 0.588. The van der Waals surface area contributed by atoms with E-state index in [2.05, 4.69) is 10.9 Å². The molecule has 0 fully saturated rings. The van der Waals surface area contributed by atoms with E-state index in [9.17, 15) is 9.59 Å². The Bertz CT molecular complexity index is 698. The monoisotopic (exact) mass is 328 g/mol. The summed E-state index contributed by atoms with van der Waals surface area (Å²) >= 11 is 0. The Balaban J connectivity index is 1.87. The van der Waals surface area contributed by atoms with Crippen molar-refractivity contribution >= 4 is 11.8 Å². The zero-order chi connectivity index (χ0) is 17.4. The number of hydrogen-bond donors (Lipinski definition) is 2. The number of hydrogen-bond acceptors (Lipinski definition) is 4. The zero-order valence-electron chi connectivity index (χ0n) is 13.7. The normalized spacial score (nSPS) is 9.92. The smallest absolute Gasteiger partial charge is 0.269 e. The molecule has 2 N–H and O–H groups in total. The van der Waals surface area contributed by atoms with E-state index in [-0.39, 0.29) is 12.3 Å². The molecule has 6 nitrogen and oxygen atoms in total. The Kier molecular flexibility index (Phi) is 6.19. The Morgan fingerprint density at radius 1 is 1.00 bits per heavy atom. The van der Waals surface area contributed by atoms with E-state index in [1.807, 2.05) is 19.1 Å². The Labute approximate surface area is 140 Å². The number of para-hydroxylation sites is 1. The summed E-state index contributed by atoms with van der Waals surface area (Å²) < 4.78 is 10.5. The van der Waals surface area contributed by atoms with Crippen LogP contribution < -0.4 is 20.3 Å². The number of carbonyl (C=O) groups is 2. The van der Waals surface area contributed by atoms with E-state index in [1.54, 1.807) is 43.5 Å². The molecule has 0 saturated carbocycles. The predicted molar refractivity (Wildman–Crippen MR) is 89.9 cm³/mol. The van der Waals surface area contributed by atoms with Crippen molar-refractivity contribution in [3.63, 3.8) is 0 Å². The molecule has 0 aliphatic carbocycles. The summed E-state index contributed by atoms with van der Waals surface area (Å²) in [6, 6.07) is 13.9. The van der Waals surface area contributed by atoms with Crippen LogP contribution in [0.1, 0.15) is 22.8 Å². The van der Waals surface area contributed by atoms with Gasteiger partial charge in [-0.15, -0.1) is 0 Å². The second-order valence-corrected chi connectivity index (χ2v) is 4.95. The van der Waals surface area contributed by atoms with Gasteiger partial charge in [0.1, 0.15) is 11.5 Å². The van der Waals surface area contributed by atoms with E-state index in [0.29, 0.717) is 23.7 Å². The molecule has 24 heavy (non-hydrogen) atoms. The summed E-state index contributed by atoms with van der Waals surface area (Å²) in [7, 11) is 1.55. The van der Waals surface area contributed by atoms with Crippen molar-refractivity contribution in [1.29, 1.82) is 0 Å². The van der Waals surface area contributed by atoms with Gasteiger partial charge in [-0.1, -0.05) is 18.2 Å². The third-order valence-electron chi connectivity index (χ3n) is 3.29. The summed E-state index contributed by atoms with van der Waals surface area (Å²) in [6.45, 7) is 2.45. The van der Waals surface area contributed by atoms with Crippen molar-refractivity contribution in [2.24, 2.45) is 0 Å². The highest BCUT2D eigenvalue weighted by Crippen LogP contribution is 2.17. The van der Waals surface area contributed by atoms with E-state index in [1.165, 1.54) is 0 Å². The van der Waals surface area contributed by atoms with Gasteiger partial charge >= 0.3 is 0 Å². The van der Waals surface area contributed by atoms with E-state index >= 15 is 0 Å². The van der Waals surface area contributed by atoms with Gasteiger partial charge in [-0.2, -0.15) is 0 Å². The molecule has 0 spiro atoms. The molecule has 2 aromatic carbocycles. The average Bonchev–Trinajstić information content (AvgIpc) is 2.61. The van der Waals surface area contributed by atoms with Crippen molar-refractivity contribution in [2.75, 3.05) is 13.7 Å². The second kappa shape index (κ2) is 8.57. The number of hydrazine groups is 1. The molecule has 0 unspecified atom stereocenters. The quantitative estimate of drug-likeness (QED) is 0.796. The standard InChI is InChI=1S/C18H20N2O4/c1-3-24-15-10-8-13(9-11-15)18(22)20-19-17(21)12-14-6-4-5-7-16(14)23-2/h4-11H,3,12H2,1-2H3,(H,19,21)(H,20,22). The van der Waals surface area contributed by atoms with Crippen LogP contribution in [-0.2, 0) is 11.2 Å². The fourth-order valence-electron chi connectivity index (χ4n) is 2.13. The molecular weight excluding hydrogens is 308 g/mol.